The summed E-state index contributed by atoms with van der Waals surface area (Å²) >= 11 is 57.1. The van der Waals surface area contributed by atoms with E-state index in [1.54, 1.807) is 193 Å². The zero-order valence-corrected chi connectivity index (χ0v) is 76.7. The van der Waals surface area contributed by atoms with E-state index in [0.29, 0.717) is 85.3 Å². The van der Waals surface area contributed by atoms with Gasteiger partial charge in [0.25, 0.3) is 0 Å². The number of rotatable bonds is 36. The lowest BCUT2D eigenvalue weighted by atomic mass is 9.96. The number of methoxy groups -OCH3 is 2. The molecule has 0 aromatic heterocycles. The molecule has 6 aromatic rings. The minimum atomic E-state index is -0.933. The first-order valence-corrected chi connectivity index (χ1v) is 42.6. The summed E-state index contributed by atoms with van der Waals surface area (Å²) in [4.78, 5) is 87.8. The van der Waals surface area contributed by atoms with Crippen molar-refractivity contribution in [3.05, 3.63) is 294 Å². The van der Waals surface area contributed by atoms with Crippen molar-refractivity contribution in [2.75, 3.05) is 61.3 Å². The van der Waals surface area contributed by atoms with Crippen molar-refractivity contribution < 1.29 is 88.7 Å². The second-order valence-electron chi connectivity index (χ2n) is 26.4. The SMILES string of the molecule is CC(=CC(C(=O)O)c1ccccc1)CCl.CC(=CC(C(=O)O)c1ccccc1Cl)CCl.CC(=CC(C)C(=O)O)CCl.CCC(=CC(C(=O)O)c1ccc(OC)cc1)CCl.CCC(=CC(C(=O)O)c1ccccc1)CCl.CCC(=CC(C(=O)O)c1ccccc1Cl)CCl.CCC(=CC(C)C(=O)O)CCl.COc1ccc(C(C=C(C)CCl)C(=O)O)cc1. The average Bonchev–Trinajstić information content (AvgIpc) is 0.811. The Hall–Kier alpha value is -8.50. The summed E-state index contributed by atoms with van der Waals surface area (Å²) in [5.41, 5.74) is 11.4. The molecule has 8 atom stereocenters. The average molecular weight is 1860 g/mol. The Morgan fingerprint density at radius 3 is 0.742 bits per heavy atom. The van der Waals surface area contributed by atoms with Crippen molar-refractivity contribution in [2.45, 2.75) is 130 Å². The fraction of sp³-hybridized carbons (Fsp3) is 0.348. The minimum Gasteiger partial charge on any atom is -0.497 e. The zero-order chi connectivity index (χ0) is 91.6. The summed E-state index contributed by atoms with van der Waals surface area (Å²) in [6.07, 6.45) is 16.5. The van der Waals surface area contributed by atoms with Gasteiger partial charge in [0.2, 0.25) is 0 Å². The third kappa shape index (κ3) is 47.1. The van der Waals surface area contributed by atoms with Gasteiger partial charge in [0.05, 0.1) is 26.1 Å². The number of benzene rings is 6. The Morgan fingerprint density at radius 2 is 0.500 bits per heavy atom. The minimum absolute atomic E-state index is 0.314. The smallest absolute Gasteiger partial charge is 0.314 e. The molecule has 0 aliphatic carbocycles. The van der Waals surface area contributed by atoms with E-state index in [1.807, 2.05) is 97.0 Å². The van der Waals surface area contributed by atoms with E-state index in [-0.39, 0.29) is 0 Å². The molecule has 0 saturated heterocycles. The number of ether oxygens (including phenoxy) is 2. The molecule has 0 aliphatic heterocycles. The molecule has 0 aliphatic rings. The van der Waals surface area contributed by atoms with E-state index in [0.717, 1.165) is 87.0 Å². The highest BCUT2D eigenvalue weighted by molar-refractivity contribution is 6.32. The van der Waals surface area contributed by atoms with Crippen LogP contribution in [0.25, 0.3) is 0 Å². The normalized spacial score (nSPS) is 13.7. The number of aliphatic carboxylic acids is 8. The second kappa shape index (κ2) is 66.2. The third-order valence-corrected chi connectivity index (χ3v) is 20.8. The van der Waals surface area contributed by atoms with Gasteiger partial charge >= 0.3 is 47.8 Å². The molecule has 0 spiro atoms. The predicted molar refractivity (Wildman–Crippen MR) is 492 cm³/mol. The van der Waals surface area contributed by atoms with Crippen LogP contribution in [0.5, 0.6) is 11.5 Å². The van der Waals surface area contributed by atoms with E-state index in [9.17, 15) is 58.8 Å². The number of halogens is 10. The molecule has 0 bridgehead atoms. The summed E-state index contributed by atoms with van der Waals surface area (Å²) in [5.74, 6) is -7.50. The Labute approximate surface area is 756 Å². The van der Waals surface area contributed by atoms with Gasteiger partial charge in [-0.25, -0.2) is 0 Å². The highest BCUT2D eigenvalue weighted by Crippen LogP contribution is 2.31. The molecular weight excluding hydrogens is 1750 g/mol. The van der Waals surface area contributed by atoms with Crippen LogP contribution in [0.3, 0.4) is 0 Å². The van der Waals surface area contributed by atoms with Gasteiger partial charge in [-0.3, -0.25) is 38.4 Å². The van der Waals surface area contributed by atoms with Crippen LogP contribution in [0, 0.1) is 11.8 Å². The first kappa shape index (κ1) is 114. The topological polar surface area (TPSA) is 317 Å². The van der Waals surface area contributed by atoms with Gasteiger partial charge in [-0.2, -0.15) is 0 Å². The van der Waals surface area contributed by atoms with Crippen molar-refractivity contribution in [3.8, 4) is 11.5 Å². The molecule has 120 heavy (non-hydrogen) atoms. The standard InChI is InChI=1S/C14H17ClO3.C13H14Cl2O2.C13H15ClO3.C13H15ClO2.C12H12Cl2O2.C12H13ClO2.C8H13ClO2.C7H11ClO2/c1-3-10(9-15)8-13(14(16)17)11-4-6-12(18-2)7-5-11;1-2-9(8-14)7-11(13(16)17)10-5-3-4-6-12(10)15;1-9(8-14)7-12(13(15)16)10-3-5-11(17-2)6-4-10;1-2-10(9-14)8-12(13(15)16)11-6-4-3-5-7-11;1-8(7-13)6-10(12(15)16)9-4-2-3-5-11(9)14;1-9(8-13)7-11(12(14)15)10-5-3-2-4-6-10;1-3-7(5-9)4-6(2)8(10)11;1-5(4-8)3-6(2)7(9)10/h4-8,13H,3,9H2,1-2H3,(H,16,17);3-7,11H,2,8H2,1H3,(H,16,17);3-7,12H,8H2,1-2H3,(H,15,16);3-8,12H,2,9H2,1H3,(H,15,16);2-6,10H,7H2,1H3,(H,15,16);2-7,11H,8H2,1H3,(H,14,15);4,6H,3,5H2,1-2H3,(H,10,11);3,6H,4H2,1-2H3,(H,9,10). The molecular formula is C92H110Cl10O18. The van der Waals surface area contributed by atoms with Crippen molar-refractivity contribution in [3.63, 3.8) is 0 Å². The van der Waals surface area contributed by atoms with E-state index >= 15 is 0 Å². The maximum Gasteiger partial charge on any atom is 0.314 e. The lowest BCUT2D eigenvalue weighted by Crippen LogP contribution is -2.10. The second-order valence-corrected chi connectivity index (χ2v) is 29.3. The van der Waals surface area contributed by atoms with Crippen LogP contribution in [-0.2, 0) is 38.4 Å². The van der Waals surface area contributed by atoms with Crippen LogP contribution in [-0.4, -0.2) is 150 Å². The summed E-state index contributed by atoms with van der Waals surface area (Å²) in [5, 5.41) is 73.0. The molecule has 0 radical (unpaired) electrons. The summed E-state index contributed by atoms with van der Waals surface area (Å²) in [6.45, 7) is 18.3. The predicted octanol–water partition coefficient (Wildman–Crippen LogP) is 24.9. The molecule has 8 N–H and O–H groups in total. The molecule has 8 unspecified atom stereocenters. The molecule has 656 valence electrons. The fourth-order valence-corrected chi connectivity index (χ4v) is 11.9. The van der Waals surface area contributed by atoms with E-state index in [2.05, 4.69) is 0 Å². The van der Waals surface area contributed by atoms with Gasteiger partial charge in [0.15, 0.2) is 0 Å². The molecule has 18 nitrogen and oxygen atoms in total. The Balaban J connectivity index is 0. The van der Waals surface area contributed by atoms with Gasteiger partial charge in [0.1, 0.15) is 47.0 Å². The summed E-state index contributed by atoms with van der Waals surface area (Å²) in [7, 11) is 3.15. The van der Waals surface area contributed by atoms with Crippen molar-refractivity contribution in [1.82, 2.24) is 0 Å². The summed E-state index contributed by atoms with van der Waals surface area (Å²) in [6, 6.07) is 46.2. The van der Waals surface area contributed by atoms with E-state index < -0.39 is 95.1 Å². The zero-order valence-electron chi connectivity index (χ0n) is 69.2. The molecule has 0 saturated carbocycles. The van der Waals surface area contributed by atoms with Gasteiger partial charge in [-0.05, 0) is 137 Å². The van der Waals surface area contributed by atoms with Crippen molar-refractivity contribution in [1.29, 1.82) is 0 Å². The van der Waals surface area contributed by atoms with Crippen molar-refractivity contribution >= 4 is 164 Å². The van der Waals surface area contributed by atoms with E-state index in [1.165, 1.54) is 0 Å². The van der Waals surface area contributed by atoms with Crippen LogP contribution in [0.1, 0.15) is 164 Å². The molecule has 0 amide bonds. The van der Waals surface area contributed by atoms with Gasteiger partial charge < -0.3 is 50.3 Å². The largest absolute Gasteiger partial charge is 0.497 e. The van der Waals surface area contributed by atoms with Crippen molar-refractivity contribution in [2.24, 2.45) is 11.8 Å². The number of carboxylic acid groups (broad SMARTS) is 8. The first-order chi connectivity index (χ1) is 56.9. The molecule has 28 heteroatoms. The van der Waals surface area contributed by atoms with Gasteiger partial charge in [-0.15, -0.1) is 92.8 Å². The first-order valence-electron chi connectivity index (χ1n) is 37.5. The van der Waals surface area contributed by atoms with Crippen LogP contribution < -0.4 is 9.47 Å². The highest BCUT2D eigenvalue weighted by atomic mass is 35.5. The third-order valence-electron chi connectivity index (χ3n) is 17.1. The monoisotopic (exact) mass is 1850 g/mol. The molecule has 0 heterocycles. The number of hydrogen-bond acceptors (Lipinski definition) is 10. The summed E-state index contributed by atoms with van der Waals surface area (Å²) < 4.78 is 10.1. The number of carbonyl (C=O) groups is 8. The lowest BCUT2D eigenvalue weighted by molar-refractivity contribution is -0.140. The lowest BCUT2D eigenvalue weighted by Gasteiger charge is -2.12. The number of allylic oxidation sites excluding steroid dienone is 8. The molecule has 6 rings (SSSR count). The Bertz CT molecular complexity index is 4310. The van der Waals surface area contributed by atoms with Crippen LogP contribution in [0.15, 0.2) is 251 Å². The molecule has 6 aromatic carbocycles. The van der Waals surface area contributed by atoms with Gasteiger partial charge in [-0.1, -0.05) is 265 Å². The maximum absolute atomic E-state index is 11.3. The van der Waals surface area contributed by atoms with Crippen LogP contribution in [0.2, 0.25) is 10.0 Å². The Kier molecular flexibility index (Phi) is 62.6. The van der Waals surface area contributed by atoms with E-state index in [4.69, 9.17) is 146 Å². The van der Waals surface area contributed by atoms with Crippen LogP contribution in [0.4, 0.5) is 0 Å². The fourth-order valence-electron chi connectivity index (χ4n) is 9.92. The quantitative estimate of drug-likeness (QED) is 0.0134. The number of carboxylic acids is 8. The van der Waals surface area contributed by atoms with Crippen LogP contribution >= 0.6 is 116 Å². The number of alkyl halides is 8. The van der Waals surface area contributed by atoms with Gasteiger partial charge in [0, 0.05) is 57.1 Å². The highest BCUT2D eigenvalue weighted by Gasteiger charge is 2.24. The Morgan fingerprint density at radius 1 is 0.283 bits per heavy atom. The maximum atomic E-state index is 11.3. The number of hydrogen-bond donors (Lipinski definition) is 8. The molecule has 0 fully saturated rings.